The molecular weight excluding hydrogens is 410 g/mol. The van der Waals surface area contributed by atoms with Crippen molar-refractivity contribution in [1.29, 1.82) is 0 Å². The zero-order chi connectivity index (χ0) is 18.1. The van der Waals surface area contributed by atoms with Crippen LogP contribution in [-0.4, -0.2) is 30.3 Å². The van der Waals surface area contributed by atoms with Gasteiger partial charge in [0.1, 0.15) is 0 Å². The Labute approximate surface area is 157 Å². The van der Waals surface area contributed by atoms with Crippen molar-refractivity contribution in [2.75, 3.05) is 14.2 Å². The number of carboxylic acids is 1. The van der Waals surface area contributed by atoms with Crippen LogP contribution in [-0.2, 0) is 11.2 Å². The number of nitrogens with one attached hydrogen (secondary N) is 1. The van der Waals surface area contributed by atoms with Crippen LogP contribution in [0.1, 0.15) is 5.56 Å². The van der Waals surface area contributed by atoms with Crippen LogP contribution in [0.25, 0.3) is 22.2 Å². The average Bonchev–Trinajstić information content (AvgIpc) is 2.91. The third kappa shape index (κ3) is 3.32. The zero-order valence-corrected chi connectivity index (χ0v) is 15.9. The second-order valence-corrected chi connectivity index (χ2v) is 6.72. The summed E-state index contributed by atoms with van der Waals surface area (Å²) in [6.45, 7) is 0. The highest BCUT2D eigenvalue weighted by Crippen LogP contribution is 2.41. The maximum atomic E-state index is 11.4. The minimum Gasteiger partial charge on any atom is -0.493 e. The number of ether oxygens (including phenoxy) is 2. The second kappa shape index (κ2) is 6.98. The van der Waals surface area contributed by atoms with Crippen molar-refractivity contribution in [3.63, 3.8) is 0 Å². The maximum absolute atomic E-state index is 11.4. The number of H-pyrrole nitrogens is 1. The van der Waals surface area contributed by atoms with E-state index in [1.54, 1.807) is 38.5 Å². The Morgan fingerprint density at radius 3 is 2.52 bits per heavy atom. The SMILES string of the molecule is COc1cc(Br)c(-c2[nH]c3ccc(Cl)cc3c2CC(=O)O)cc1OC. The first-order valence-corrected chi connectivity index (χ1v) is 8.55. The van der Waals surface area contributed by atoms with Gasteiger partial charge in [-0.1, -0.05) is 11.6 Å². The minimum absolute atomic E-state index is 0.129. The molecule has 5 nitrogen and oxygen atoms in total. The van der Waals surface area contributed by atoms with Crippen LogP contribution in [0.15, 0.2) is 34.8 Å². The van der Waals surface area contributed by atoms with Gasteiger partial charge in [-0.3, -0.25) is 4.79 Å². The van der Waals surface area contributed by atoms with Crippen molar-refractivity contribution in [2.24, 2.45) is 0 Å². The molecule has 1 heterocycles. The summed E-state index contributed by atoms with van der Waals surface area (Å²) in [5.74, 6) is 0.217. The third-order valence-electron chi connectivity index (χ3n) is 3.94. The number of aromatic nitrogens is 1. The fourth-order valence-electron chi connectivity index (χ4n) is 2.83. The quantitative estimate of drug-likeness (QED) is 0.611. The number of methoxy groups -OCH3 is 2. The molecule has 2 aromatic carbocycles. The van der Waals surface area contributed by atoms with E-state index in [9.17, 15) is 9.90 Å². The van der Waals surface area contributed by atoms with Crippen LogP contribution < -0.4 is 9.47 Å². The fraction of sp³-hybridized carbons (Fsp3) is 0.167. The lowest BCUT2D eigenvalue weighted by Gasteiger charge is -2.12. The van der Waals surface area contributed by atoms with E-state index in [1.807, 2.05) is 6.07 Å². The van der Waals surface area contributed by atoms with Gasteiger partial charge in [-0.2, -0.15) is 0 Å². The van der Waals surface area contributed by atoms with E-state index in [0.717, 1.165) is 20.9 Å². The van der Waals surface area contributed by atoms with Gasteiger partial charge in [-0.05, 0) is 51.8 Å². The summed E-state index contributed by atoms with van der Waals surface area (Å²) in [6, 6.07) is 8.96. The normalized spacial score (nSPS) is 10.9. The third-order valence-corrected chi connectivity index (χ3v) is 4.83. The van der Waals surface area contributed by atoms with Crippen LogP contribution in [0, 0.1) is 0 Å². The van der Waals surface area contributed by atoms with E-state index >= 15 is 0 Å². The number of rotatable bonds is 5. The molecule has 0 unspecified atom stereocenters. The van der Waals surface area contributed by atoms with Crippen molar-refractivity contribution < 1.29 is 19.4 Å². The Morgan fingerprint density at radius 1 is 1.20 bits per heavy atom. The lowest BCUT2D eigenvalue weighted by molar-refractivity contribution is -0.136. The number of fused-ring (bicyclic) bond motifs is 1. The van der Waals surface area contributed by atoms with Gasteiger partial charge in [0, 0.05) is 26.0 Å². The van der Waals surface area contributed by atoms with Crippen LogP contribution in [0.4, 0.5) is 0 Å². The molecule has 1 aromatic heterocycles. The molecule has 2 N–H and O–H groups in total. The van der Waals surface area contributed by atoms with E-state index < -0.39 is 5.97 Å². The second-order valence-electron chi connectivity index (χ2n) is 5.43. The van der Waals surface area contributed by atoms with Gasteiger partial charge in [0.2, 0.25) is 0 Å². The average molecular weight is 425 g/mol. The summed E-state index contributed by atoms with van der Waals surface area (Å²) < 4.78 is 11.4. The van der Waals surface area contributed by atoms with E-state index in [2.05, 4.69) is 20.9 Å². The molecule has 0 atom stereocenters. The van der Waals surface area contributed by atoms with Crippen LogP contribution in [0.5, 0.6) is 11.5 Å². The Morgan fingerprint density at radius 2 is 1.88 bits per heavy atom. The van der Waals surface area contributed by atoms with E-state index in [4.69, 9.17) is 21.1 Å². The van der Waals surface area contributed by atoms with Crippen molar-refractivity contribution in [2.45, 2.75) is 6.42 Å². The highest BCUT2D eigenvalue weighted by Gasteiger charge is 2.20. The Bertz CT molecular complexity index is 967. The number of carboxylic acid groups (broad SMARTS) is 1. The zero-order valence-electron chi connectivity index (χ0n) is 13.5. The van der Waals surface area contributed by atoms with Crippen molar-refractivity contribution in [1.82, 2.24) is 4.98 Å². The first-order chi connectivity index (χ1) is 11.9. The molecular formula is C18H15BrClNO4. The van der Waals surface area contributed by atoms with Crippen LogP contribution in [0.2, 0.25) is 5.02 Å². The van der Waals surface area contributed by atoms with Gasteiger partial charge in [-0.25, -0.2) is 0 Å². The predicted octanol–water partition coefficient (Wildman–Crippen LogP) is 4.90. The van der Waals surface area contributed by atoms with E-state index in [0.29, 0.717) is 27.8 Å². The molecule has 0 saturated carbocycles. The number of aliphatic carboxylic acids is 1. The lowest BCUT2D eigenvalue weighted by atomic mass is 10.0. The number of carbonyl (C=O) groups is 1. The van der Waals surface area contributed by atoms with Gasteiger partial charge in [0.25, 0.3) is 0 Å². The van der Waals surface area contributed by atoms with Gasteiger partial charge in [0.05, 0.1) is 26.3 Å². The first-order valence-electron chi connectivity index (χ1n) is 7.38. The van der Waals surface area contributed by atoms with Gasteiger partial charge < -0.3 is 19.6 Å². The Kier molecular flexibility index (Phi) is 4.92. The topological polar surface area (TPSA) is 71.6 Å². The monoisotopic (exact) mass is 423 g/mol. The van der Waals surface area contributed by atoms with Gasteiger partial charge in [-0.15, -0.1) is 0 Å². The fourth-order valence-corrected chi connectivity index (χ4v) is 3.52. The standard InChI is InChI=1S/C18H15BrClNO4/c1-24-15-6-12(13(19)8-16(15)25-2)18-11(7-17(22)23)10-5-9(20)3-4-14(10)21-18/h3-6,8,21H,7H2,1-2H3,(H,22,23). The minimum atomic E-state index is -0.918. The number of hydrogen-bond acceptors (Lipinski definition) is 3. The highest BCUT2D eigenvalue weighted by molar-refractivity contribution is 9.10. The molecule has 3 aromatic rings. The molecule has 0 aliphatic rings. The molecule has 7 heteroatoms. The summed E-state index contributed by atoms with van der Waals surface area (Å²) in [7, 11) is 3.11. The number of aromatic amines is 1. The number of hydrogen-bond donors (Lipinski definition) is 2. The Balaban J connectivity index is 2.29. The maximum Gasteiger partial charge on any atom is 0.307 e. The van der Waals surface area contributed by atoms with Gasteiger partial charge in [0.15, 0.2) is 11.5 Å². The molecule has 3 rings (SSSR count). The molecule has 0 aliphatic carbocycles. The lowest BCUT2D eigenvalue weighted by Crippen LogP contribution is -2.01. The van der Waals surface area contributed by atoms with Crippen molar-refractivity contribution in [3.05, 3.63) is 45.4 Å². The summed E-state index contributed by atoms with van der Waals surface area (Å²) in [4.78, 5) is 14.7. The van der Waals surface area contributed by atoms with E-state index in [1.165, 1.54) is 0 Å². The highest BCUT2D eigenvalue weighted by atomic mass is 79.9. The molecule has 0 fully saturated rings. The molecule has 0 radical (unpaired) electrons. The molecule has 25 heavy (non-hydrogen) atoms. The number of benzene rings is 2. The molecule has 0 aliphatic heterocycles. The van der Waals surface area contributed by atoms with E-state index in [-0.39, 0.29) is 6.42 Å². The largest absolute Gasteiger partial charge is 0.493 e. The molecule has 0 saturated heterocycles. The predicted molar refractivity (Wildman–Crippen MR) is 101 cm³/mol. The van der Waals surface area contributed by atoms with Gasteiger partial charge >= 0.3 is 5.97 Å². The summed E-state index contributed by atoms with van der Waals surface area (Å²) in [5, 5.41) is 10.7. The number of halogens is 2. The van der Waals surface area contributed by atoms with Crippen LogP contribution in [0.3, 0.4) is 0 Å². The van der Waals surface area contributed by atoms with Crippen molar-refractivity contribution in [3.8, 4) is 22.8 Å². The molecule has 0 amide bonds. The summed E-state index contributed by atoms with van der Waals surface area (Å²) in [5.41, 5.74) is 2.96. The molecule has 0 bridgehead atoms. The molecule has 130 valence electrons. The Hall–Kier alpha value is -2.18. The summed E-state index contributed by atoms with van der Waals surface area (Å²) in [6.07, 6.45) is -0.129. The van der Waals surface area contributed by atoms with Crippen molar-refractivity contribution >= 4 is 44.4 Å². The first kappa shape index (κ1) is 17.6. The summed E-state index contributed by atoms with van der Waals surface area (Å²) >= 11 is 9.62. The van der Waals surface area contributed by atoms with Crippen LogP contribution >= 0.6 is 27.5 Å². The smallest absolute Gasteiger partial charge is 0.307 e. The molecule has 0 spiro atoms.